The zero-order valence-corrected chi connectivity index (χ0v) is 18.6. The van der Waals surface area contributed by atoms with Crippen LogP contribution in [0.25, 0.3) is 12.2 Å². The molecular formula is C25H25NO7. The lowest BCUT2D eigenvalue weighted by molar-refractivity contribution is -0.307. The molecule has 0 spiro atoms. The second-order valence-electron chi connectivity index (χ2n) is 8.92. The van der Waals surface area contributed by atoms with Gasteiger partial charge in [0, 0.05) is 39.5 Å². The average molecular weight is 451 g/mol. The minimum absolute atomic E-state index is 0.0483. The Morgan fingerprint density at radius 2 is 1.97 bits per heavy atom. The molecular weight excluding hydrogens is 426 g/mol. The maximum atomic E-state index is 13.4. The van der Waals surface area contributed by atoms with Crippen LogP contribution in [0, 0.1) is 0 Å². The van der Waals surface area contributed by atoms with Crippen molar-refractivity contribution in [3.8, 4) is 5.75 Å². The van der Waals surface area contributed by atoms with E-state index in [2.05, 4.69) is 13.2 Å². The molecule has 33 heavy (non-hydrogen) atoms. The molecule has 3 aliphatic heterocycles. The van der Waals surface area contributed by atoms with Gasteiger partial charge in [-0.15, -0.1) is 6.58 Å². The molecule has 1 fully saturated rings. The first-order valence-corrected chi connectivity index (χ1v) is 10.7. The van der Waals surface area contributed by atoms with Crippen molar-refractivity contribution in [3.05, 3.63) is 73.6 Å². The SMILES string of the molecule is C=CCN1C(C)=CC2=c3c(cc(=O)c4c(c3=C)O[C@@H]3O[C@H](C)[C@H](O)[C@@H](O)[C@]43O)C(=O)C2=C1C. The van der Waals surface area contributed by atoms with Crippen LogP contribution in [0.5, 0.6) is 5.75 Å². The summed E-state index contributed by atoms with van der Waals surface area (Å²) in [4.78, 5) is 28.8. The number of fused-ring (bicyclic) bond motifs is 5. The normalized spacial score (nSPS) is 32.1. The van der Waals surface area contributed by atoms with Gasteiger partial charge < -0.3 is 29.7 Å². The van der Waals surface area contributed by atoms with E-state index in [0.29, 0.717) is 22.9 Å². The van der Waals surface area contributed by atoms with Crippen LogP contribution >= 0.6 is 0 Å². The number of hydrogen-bond acceptors (Lipinski definition) is 8. The summed E-state index contributed by atoms with van der Waals surface area (Å²) in [7, 11) is 0. The van der Waals surface area contributed by atoms with E-state index >= 15 is 0 Å². The number of carbonyl (C=O) groups excluding carboxylic acids is 1. The van der Waals surface area contributed by atoms with Crippen molar-refractivity contribution in [3.63, 3.8) is 0 Å². The molecule has 0 aromatic heterocycles. The highest BCUT2D eigenvalue weighted by Crippen LogP contribution is 2.45. The van der Waals surface area contributed by atoms with Crippen molar-refractivity contribution < 1.29 is 29.6 Å². The minimum Gasteiger partial charge on any atom is -0.460 e. The van der Waals surface area contributed by atoms with E-state index in [1.165, 1.54) is 6.92 Å². The molecule has 1 aromatic rings. The molecule has 5 rings (SSSR count). The van der Waals surface area contributed by atoms with Gasteiger partial charge in [-0.1, -0.05) is 12.7 Å². The largest absolute Gasteiger partial charge is 0.460 e. The molecule has 0 unspecified atom stereocenters. The Labute approximate surface area is 189 Å². The van der Waals surface area contributed by atoms with E-state index in [9.17, 15) is 24.9 Å². The molecule has 3 N–H and O–H groups in total. The average Bonchev–Trinajstić information content (AvgIpc) is 3.17. The van der Waals surface area contributed by atoms with Gasteiger partial charge in [-0.05, 0) is 38.5 Å². The fraction of sp³-hybridized carbons (Fsp3) is 0.360. The topological polar surface area (TPSA) is 117 Å². The van der Waals surface area contributed by atoms with Crippen molar-refractivity contribution in [2.75, 3.05) is 6.54 Å². The van der Waals surface area contributed by atoms with Crippen LogP contribution in [0.2, 0.25) is 0 Å². The number of Topliss-reactive ketones (excluding diaryl/α,β-unsaturated/α-hetero) is 1. The Morgan fingerprint density at radius 1 is 1.27 bits per heavy atom. The Hall–Kier alpha value is -3.04. The van der Waals surface area contributed by atoms with Crippen LogP contribution in [-0.2, 0) is 10.3 Å². The summed E-state index contributed by atoms with van der Waals surface area (Å²) in [6.07, 6.45) is -1.82. The van der Waals surface area contributed by atoms with Crippen LogP contribution < -0.4 is 20.6 Å². The molecule has 8 nitrogen and oxygen atoms in total. The number of nitrogens with zero attached hydrogens (tertiary/aromatic N) is 1. The van der Waals surface area contributed by atoms with Gasteiger partial charge in [0.05, 0.1) is 11.7 Å². The fourth-order valence-electron chi connectivity index (χ4n) is 5.32. The number of allylic oxidation sites excluding steroid dienone is 4. The maximum absolute atomic E-state index is 13.4. The third-order valence-electron chi connectivity index (χ3n) is 7.04. The van der Waals surface area contributed by atoms with Crippen LogP contribution in [0.1, 0.15) is 36.7 Å². The summed E-state index contributed by atoms with van der Waals surface area (Å²) in [6, 6.07) is 1.15. The molecule has 5 atom stereocenters. The molecule has 0 radical (unpaired) electrons. The molecule has 1 aromatic carbocycles. The predicted molar refractivity (Wildman–Crippen MR) is 119 cm³/mol. The smallest absolute Gasteiger partial charge is 0.236 e. The highest BCUT2D eigenvalue weighted by Gasteiger charge is 2.62. The van der Waals surface area contributed by atoms with Crippen LogP contribution in [0.3, 0.4) is 0 Å². The zero-order chi connectivity index (χ0) is 24.0. The first-order valence-electron chi connectivity index (χ1n) is 10.7. The highest BCUT2D eigenvalue weighted by molar-refractivity contribution is 6.23. The number of hydrogen-bond donors (Lipinski definition) is 3. The van der Waals surface area contributed by atoms with Crippen molar-refractivity contribution in [2.45, 2.75) is 51.0 Å². The first-order chi connectivity index (χ1) is 15.5. The van der Waals surface area contributed by atoms with Crippen molar-refractivity contribution in [2.24, 2.45) is 0 Å². The van der Waals surface area contributed by atoms with E-state index in [-0.39, 0.29) is 27.9 Å². The van der Waals surface area contributed by atoms with Gasteiger partial charge in [0.25, 0.3) is 0 Å². The number of aliphatic hydroxyl groups excluding tert-OH is 2. The molecule has 0 saturated carbocycles. The van der Waals surface area contributed by atoms with Gasteiger partial charge in [-0.2, -0.15) is 0 Å². The summed E-state index contributed by atoms with van der Waals surface area (Å²) < 4.78 is 11.4. The van der Waals surface area contributed by atoms with Crippen molar-refractivity contribution >= 4 is 17.9 Å². The summed E-state index contributed by atoms with van der Waals surface area (Å²) in [5.74, 6) is -0.378. The van der Waals surface area contributed by atoms with Crippen LogP contribution in [0.4, 0.5) is 0 Å². The number of ether oxygens (including phenoxy) is 2. The second kappa shape index (κ2) is 6.98. The standard InChI is InChI=1S/C25H25NO7/c1-6-7-26-10(2)8-14-17-11(3)22-19(16(27)9-15(17)21(29)18(14)12(26)4)25(31)23(30)20(28)13(5)32-24(25)33-22/h6,8-9,13,20,23-24,28,30-31H,1,3,7H2,2,4-5H3/t13-,20+,23-,24+,25-/m1/s1. The Balaban J connectivity index is 1.85. The Bertz CT molecular complexity index is 1370. The molecule has 8 heteroatoms. The third kappa shape index (κ3) is 2.60. The van der Waals surface area contributed by atoms with Gasteiger partial charge in [-0.25, -0.2) is 0 Å². The summed E-state index contributed by atoms with van der Waals surface area (Å²) in [5.41, 5.74) is -0.423. The quantitative estimate of drug-likeness (QED) is 0.517. The summed E-state index contributed by atoms with van der Waals surface area (Å²) in [5, 5.41) is 33.0. The van der Waals surface area contributed by atoms with Crippen LogP contribution in [-0.4, -0.2) is 57.1 Å². The monoisotopic (exact) mass is 451 g/mol. The summed E-state index contributed by atoms with van der Waals surface area (Å²) in [6.45, 7) is 13.7. The zero-order valence-electron chi connectivity index (χ0n) is 18.6. The van der Waals surface area contributed by atoms with E-state index in [1.807, 2.05) is 24.8 Å². The van der Waals surface area contributed by atoms with E-state index in [0.717, 1.165) is 17.5 Å². The van der Waals surface area contributed by atoms with E-state index in [4.69, 9.17) is 9.47 Å². The predicted octanol–water partition coefficient (Wildman–Crippen LogP) is -0.470. The summed E-state index contributed by atoms with van der Waals surface area (Å²) >= 11 is 0. The fourth-order valence-corrected chi connectivity index (χ4v) is 5.32. The number of rotatable bonds is 2. The van der Waals surface area contributed by atoms with Crippen LogP contribution in [0.15, 0.2) is 46.6 Å². The van der Waals surface area contributed by atoms with Gasteiger partial charge in [0.15, 0.2) is 16.8 Å². The number of aliphatic hydroxyl groups is 3. The lowest BCUT2D eigenvalue weighted by atomic mass is 9.82. The van der Waals surface area contributed by atoms with Gasteiger partial charge in [0.1, 0.15) is 18.0 Å². The van der Waals surface area contributed by atoms with Crippen molar-refractivity contribution in [1.29, 1.82) is 0 Å². The third-order valence-corrected chi connectivity index (χ3v) is 7.04. The molecule has 0 bridgehead atoms. The lowest BCUT2D eigenvalue weighted by Gasteiger charge is -2.42. The molecule has 1 saturated heterocycles. The van der Waals surface area contributed by atoms with Gasteiger partial charge in [-0.3, -0.25) is 9.59 Å². The molecule has 3 heterocycles. The molecule has 1 aliphatic carbocycles. The Morgan fingerprint density at radius 3 is 2.64 bits per heavy atom. The molecule has 0 amide bonds. The lowest BCUT2D eigenvalue weighted by Crippen LogP contribution is -2.63. The van der Waals surface area contributed by atoms with Gasteiger partial charge in [0.2, 0.25) is 6.29 Å². The number of ketones is 1. The molecule has 172 valence electrons. The van der Waals surface area contributed by atoms with E-state index in [1.54, 1.807) is 6.08 Å². The first kappa shape index (κ1) is 21.8. The van der Waals surface area contributed by atoms with Gasteiger partial charge >= 0.3 is 0 Å². The second-order valence-corrected chi connectivity index (χ2v) is 8.92. The number of carbonyl (C=O) groups is 1. The maximum Gasteiger partial charge on any atom is 0.236 e. The van der Waals surface area contributed by atoms with E-state index < -0.39 is 35.6 Å². The van der Waals surface area contributed by atoms with Crippen molar-refractivity contribution in [1.82, 2.24) is 4.90 Å². The molecule has 4 aliphatic rings. The Kier molecular flexibility index (Phi) is 4.61. The minimum atomic E-state index is -2.31. The highest BCUT2D eigenvalue weighted by atomic mass is 16.7.